The predicted molar refractivity (Wildman–Crippen MR) is 129 cm³/mol. The molecule has 3 aromatic carbocycles. The molecule has 0 bridgehead atoms. The van der Waals surface area contributed by atoms with Gasteiger partial charge in [-0.3, -0.25) is 4.79 Å². The Bertz CT molecular complexity index is 1150. The van der Waals surface area contributed by atoms with Gasteiger partial charge >= 0.3 is 0 Å². The van der Waals surface area contributed by atoms with E-state index in [4.69, 9.17) is 5.10 Å². The molecule has 154 valence electrons. The molecule has 0 spiro atoms. The quantitative estimate of drug-likeness (QED) is 0.410. The Morgan fingerprint density at radius 2 is 1.71 bits per heavy atom. The number of halogens is 1. The van der Waals surface area contributed by atoms with Crippen molar-refractivity contribution in [2.24, 2.45) is 11.0 Å². The highest BCUT2D eigenvalue weighted by atomic mass is 79.9. The number of nitrogens with zero attached hydrogens (tertiary/aromatic N) is 2. The number of fused-ring (bicyclic) bond motifs is 1. The van der Waals surface area contributed by atoms with E-state index in [1.165, 1.54) is 11.1 Å². The summed E-state index contributed by atoms with van der Waals surface area (Å²) in [4.78, 5) is 13.6. The Hall–Kier alpha value is -2.98. The number of hydrazone groups is 1. The first-order chi connectivity index (χ1) is 15.2. The van der Waals surface area contributed by atoms with Gasteiger partial charge in [-0.2, -0.15) is 5.10 Å². The second kappa shape index (κ2) is 8.64. The number of hydrogen-bond acceptors (Lipinski definition) is 2. The summed E-state index contributed by atoms with van der Waals surface area (Å²) in [5, 5.41) is 6.69. The fraction of sp³-hybridized carbons (Fsp3) is 0.185. The fourth-order valence-electron chi connectivity index (χ4n) is 4.66. The van der Waals surface area contributed by atoms with Crippen LogP contribution < -0.4 is 0 Å². The van der Waals surface area contributed by atoms with Crippen LogP contribution in [0.25, 0.3) is 6.08 Å². The minimum atomic E-state index is -0.0813. The number of benzene rings is 3. The molecule has 1 fully saturated rings. The maximum atomic E-state index is 13.6. The van der Waals surface area contributed by atoms with Crippen molar-refractivity contribution in [3.8, 4) is 0 Å². The third kappa shape index (κ3) is 4.00. The third-order valence-corrected chi connectivity index (χ3v) is 6.56. The number of rotatable bonds is 3. The van der Waals surface area contributed by atoms with Crippen LogP contribution in [-0.4, -0.2) is 16.6 Å². The van der Waals surface area contributed by atoms with Crippen LogP contribution in [0.15, 0.2) is 100 Å². The van der Waals surface area contributed by atoms with Crippen LogP contribution in [0.3, 0.4) is 0 Å². The van der Waals surface area contributed by atoms with Gasteiger partial charge in [0, 0.05) is 16.0 Å². The van der Waals surface area contributed by atoms with Gasteiger partial charge in [0.15, 0.2) is 0 Å². The van der Waals surface area contributed by atoms with Gasteiger partial charge in [-0.15, -0.1) is 0 Å². The molecular weight excluding hydrogens is 448 g/mol. The summed E-state index contributed by atoms with van der Waals surface area (Å²) in [7, 11) is 0. The van der Waals surface area contributed by atoms with Gasteiger partial charge in [0.2, 0.25) is 0 Å². The van der Waals surface area contributed by atoms with E-state index >= 15 is 0 Å². The largest absolute Gasteiger partial charge is 0.274 e. The molecule has 5 rings (SSSR count). The molecule has 1 heterocycles. The number of amides is 1. The van der Waals surface area contributed by atoms with E-state index in [0.717, 1.165) is 35.0 Å². The van der Waals surface area contributed by atoms with Crippen molar-refractivity contribution >= 4 is 33.6 Å². The SMILES string of the molecule is O=C(c1cccc(Br)c1)N1N=C2/C(=C/c3ccccc3)CCCC2C1c1ccccc1. The van der Waals surface area contributed by atoms with Crippen LogP contribution in [0, 0.1) is 5.92 Å². The standard InChI is InChI=1S/C27H23BrN2O/c28-23-15-7-14-22(18-23)27(31)30-26(20-11-5-2-6-12-20)24-16-8-13-21(25(24)29-30)17-19-9-3-1-4-10-19/h1-7,9-12,14-15,17-18,24,26H,8,13,16H2/b21-17+. The summed E-state index contributed by atoms with van der Waals surface area (Å²) in [5.74, 6) is 0.151. The second-order valence-electron chi connectivity index (χ2n) is 8.08. The molecule has 0 N–H and O–H groups in total. The first kappa shape index (κ1) is 20.0. The van der Waals surface area contributed by atoms with Gasteiger partial charge in [0.05, 0.1) is 11.8 Å². The molecule has 1 amide bonds. The molecule has 0 saturated heterocycles. The molecule has 2 unspecified atom stereocenters. The zero-order chi connectivity index (χ0) is 21.2. The Morgan fingerprint density at radius 1 is 0.968 bits per heavy atom. The zero-order valence-corrected chi connectivity index (χ0v) is 18.7. The molecule has 0 radical (unpaired) electrons. The Morgan fingerprint density at radius 3 is 2.45 bits per heavy atom. The Labute approximate surface area is 191 Å². The molecule has 1 aliphatic heterocycles. The van der Waals surface area contributed by atoms with Gasteiger partial charge in [-0.25, -0.2) is 5.01 Å². The van der Waals surface area contributed by atoms with Crippen LogP contribution in [-0.2, 0) is 0 Å². The lowest BCUT2D eigenvalue weighted by atomic mass is 9.77. The van der Waals surface area contributed by atoms with Crippen LogP contribution in [0.5, 0.6) is 0 Å². The molecule has 2 atom stereocenters. The average molecular weight is 471 g/mol. The summed E-state index contributed by atoms with van der Waals surface area (Å²) in [5.41, 5.74) is 5.26. The molecule has 2 aliphatic rings. The second-order valence-corrected chi connectivity index (χ2v) is 9.00. The molecule has 1 aliphatic carbocycles. The molecule has 3 aromatic rings. The third-order valence-electron chi connectivity index (χ3n) is 6.06. The number of carbonyl (C=O) groups excluding carboxylic acids is 1. The van der Waals surface area contributed by atoms with Crippen molar-refractivity contribution < 1.29 is 4.79 Å². The van der Waals surface area contributed by atoms with E-state index in [-0.39, 0.29) is 17.9 Å². The van der Waals surface area contributed by atoms with E-state index in [9.17, 15) is 4.79 Å². The van der Waals surface area contributed by atoms with Gasteiger partial charge in [0.1, 0.15) is 0 Å². The number of allylic oxidation sites excluding steroid dienone is 1. The van der Waals surface area contributed by atoms with Gasteiger partial charge < -0.3 is 0 Å². The van der Waals surface area contributed by atoms with Crippen molar-refractivity contribution in [1.82, 2.24) is 5.01 Å². The van der Waals surface area contributed by atoms with E-state index in [1.807, 2.05) is 48.5 Å². The summed E-state index contributed by atoms with van der Waals surface area (Å²) in [6, 6.07) is 28.2. The van der Waals surface area contributed by atoms with Crippen molar-refractivity contribution in [2.75, 3.05) is 0 Å². The van der Waals surface area contributed by atoms with Gasteiger partial charge in [-0.05, 0) is 60.2 Å². The zero-order valence-electron chi connectivity index (χ0n) is 17.1. The lowest BCUT2D eigenvalue weighted by Crippen LogP contribution is -2.31. The maximum Gasteiger partial charge on any atom is 0.274 e. The van der Waals surface area contributed by atoms with Crippen molar-refractivity contribution in [1.29, 1.82) is 0 Å². The highest BCUT2D eigenvalue weighted by Gasteiger charge is 2.43. The topological polar surface area (TPSA) is 32.7 Å². The molecule has 3 nitrogen and oxygen atoms in total. The summed E-state index contributed by atoms with van der Waals surface area (Å²) >= 11 is 3.49. The van der Waals surface area contributed by atoms with E-state index in [0.29, 0.717) is 5.56 Å². The molecular formula is C27H23BrN2O. The molecule has 31 heavy (non-hydrogen) atoms. The Kier molecular flexibility index (Phi) is 5.56. The van der Waals surface area contributed by atoms with Crippen LogP contribution in [0.2, 0.25) is 0 Å². The lowest BCUT2D eigenvalue weighted by Gasteiger charge is -2.29. The van der Waals surface area contributed by atoms with Crippen LogP contribution >= 0.6 is 15.9 Å². The fourth-order valence-corrected chi connectivity index (χ4v) is 5.05. The average Bonchev–Trinajstić information content (AvgIpc) is 3.20. The van der Waals surface area contributed by atoms with E-state index in [2.05, 4.69) is 58.4 Å². The minimum absolute atomic E-state index is 0.0592. The lowest BCUT2D eigenvalue weighted by molar-refractivity contribution is 0.0681. The van der Waals surface area contributed by atoms with Gasteiger partial charge in [-0.1, -0.05) is 82.7 Å². The smallest absolute Gasteiger partial charge is 0.267 e. The maximum absolute atomic E-state index is 13.6. The van der Waals surface area contributed by atoms with Gasteiger partial charge in [0.25, 0.3) is 5.91 Å². The molecule has 0 aromatic heterocycles. The predicted octanol–water partition coefficient (Wildman–Crippen LogP) is 6.89. The molecule has 1 saturated carbocycles. The normalized spacial score (nSPS) is 21.6. The van der Waals surface area contributed by atoms with Crippen molar-refractivity contribution in [3.05, 3.63) is 112 Å². The number of carbonyl (C=O) groups is 1. The van der Waals surface area contributed by atoms with E-state index < -0.39 is 0 Å². The minimum Gasteiger partial charge on any atom is -0.267 e. The highest BCUT2D eigenvalue weighted by molar-refractivity contribution is 9.10. The molecule has 4 heteroatoms. The monoisotopic (exact) mass is 470 g/mol. The van der Waals surface area contributed by atoms with Crippen LogP contribution in [0.1, 0.15) is 46.8 Å². The van der Waals surface area contributed by atoms with E-state index in [1.54, 1.807) is 5.01 Å². The first-order valence-corrected chi connectivity index (χ1v) is 11.5. The summed E-state index contributed by atoms with van der Waals surface area (Å²) in [6.45, 7) is 0. The summed E-state index contributed by atoms with van der Waals surface area (Å²) < 4.78 is 0.892. The Balaban J connectivity index is 1.58. The highest BCUT2D eigenvalue weighted by Crippen LogP contribution is 2.44. The van der Waals surface area contributed by atoms with Crippen LogP contribution in [0.4, 0.5) is 0 Å². The van der Waals surface area contributed by atoms with Crippen molar-refractivity contribution in [2.45, 2.75) is 25.3 Å². The summed E-state index contributed by atoms with van der Waals surface area (Å²) in [6.07, 6.45) is 5.36. The van der Waals surface area contributed by atoms with Crippen molar-refractivity contribution in [3.63, 3.8) is 0 Å². The number of hydrogen-bond donors (Lipinski definition) is 0. The first-order valence-electron chi connectivity index (χ1n) is 10.7.